The van der Waals surface area contributed by atoms with E-state index in [2.05, 4.69) is 5.32 Å². The van der Waals surface area contributed by atoms with Gasteiger partial charge in [-0.2, -0.15) is 0 Å². The molecule has 7 heteroatoms. The molecule has 0 fully saturated rings. The molecule has 138 valence electrons. The van der Waals surface area contributed by atoms with Crippen molar-refractivity contribution >= 4 is 29.1 Å². The van der Waals surface area contributed by atoms with Crippen LogP contribution in [-0.2, 0) is 4.79 Å². The maximum Gasteiger partial charge on any atom is 0.251 e. The lowest BCUT2D eigenvalue weighted by Gasteiger charge is -2.22. The fourth-order valence-electron chi connectivity index (χ4n) is 2.48. The maximum atomic E-state index is 12.3. The van der Waals surface area contributed by atoms with Crippen molar-refractivity contribution in [2.45, 2.75) is 6.92 Å². The van der Waals surface area contributed by atoms with E-state index in [1.807, 2.05) is 0 Å². The van der Waals surface area contributed by atoms with Gasteiger partial charge in [0.2, 0.25) is 5.91 Å². The number of nitrogens with zero attached hydrogens (tertiary/aromatic N) is 1. The van der Waals surface area contributed by atoms with E-state index in [-0.39, 0.29) is 18.4 Å². The second-order valence-electron chi connectivity index (χ2n) is 5.45. The SMILES string of the molecule is COc1ccc(C(=O)NCCN(C(C)=O)c2ccccc2Cl)cc1OC. The summed E-state index contributed by atoms with van der Waals surface area (Å²) < 4.78 is 10.4. The molecule has 1 N–H and O–H groups in total. The molecule has 2 aromatic carbocycles. The van der Waals surface area contributed by atoms with Crippen molar-refractivity contribution in [1.29, 1.82) is 0 Å². The second kappa shape index (κ2) is 9.10. The first-order valence-corrected chi connectivity index (χ1v) is 8.38. The van der Waals surface area contributed by atoms with E-state index >= 15 is 0 Å². The maximum absolute atomic E-state index is 12.3. The molecule has 0 aliphatic rings. The number of hydrogen-bond donors (Lipinski definition) is 1. The molecule has 0 saturated carbocycles. The normalized spacial score (nSPS) is 10.2. The van der Waals surface area contributed by atoms with Crippen LogP contribution in [0.1, 0.15) is 17.3 Å². The van der Waals surface area contributed by atoms with Gasteiger partial charge in [0, 0.05) is 25.6 Å². The van der Waals surface area contributed by atoms with E-state index < -0.39 is 0 Å². The van der Waals surface area contributed by atoms with Crippen LogP contribution in [0.4, 0.5) is 5.69 Å². The fourth-order valence-corrected chi connectivity index (χ4v) is 2.72. The highest BCUT2D eigenvalue weighted by Crippen LogP contribution is 2.27. The zero-order chi connectivity index (χ0) is 19.1. The first-order chi connectivity index (χ1) is 12.5. The Bertz CT molecular complexity index is 795. The summed E-state index contributed by atoms with van der Waals surface area (Å²) in [7, 11) is 3.04. The molecule has 6 nitrogen and oxygen atoms in total. The van der Waals surface area contributed by atoms with Crippen molar-refractivity contribution < 1.29 is 19.1 Å². The largest absolute Gasteiger partial charge is 0.493 e. The highest BCUT2D eigenvalue weighted by molar-refractivity contribution is 6.33. The van der Waals surface area contributed by atoms with Gasteiger partial charge in [-0.3, -0.25) is 9.59 Å². The molecule has 2 rings (SSSR count). The Morgan fingerprint density at radius 3 is 2.38 bits per heavy atom. The van der Waals surface area contributed by atoms with E-state index in [0.717, 1.165) is 0 Å². The molecule has 0 bridgehead atoms. The van der Waals surface area contributed by atoms with E-state index in [9.17, 15) is 9.59 Å². The number of methoxy groups -OCH3 is 2. The van der Waals surface area contributed by atoms with E-state index in [0.29, 0.717) is 34.3 Å². The van der Waals surface area contributed by atoms with Crippen molar-refractivity contribution in [3.63, 3.8) is 0 Å². The fraction of sp³-hybridized carbons (Fsp3) is 0.263. The topological polar surface area (TPSA) is 67.9 Å². The van der Waals surface area contributed by atoms with Gasteiger partial charge in [0.15, 0.2) is 11.5 Å². The summed E-state index contributed by atoms with van der Waals surface area (Å²) in [6.07, 6.45) is 0. The van der Waals surface area contributed by atoms with Crippen molar-refractivity contribution in [2.75, 3.05) is 32.2 Å². The predicted octanol–water partition coefficient (Wildman–Crippen LogP) is 3.14. The summed E-state index contributed by atoms with van der Waals surface area (Å²) in [5.74, 6) is 0.596. The highest BCUT2D eigenvalue weighted by atomic mass is 35.5. The molecule has 0 aliphatic heterocycles. The Morgan fingerprint density at radius 2 is 1.77 bits per heavy atom. The monoisotopic (exact) mass is 376 g/mol. The standard InChI is InChI=1S/C19H21ClN2O4/c1-13(23)22(16-7-5-4-6-15(16)20)11-10-21-19(24)14-8-9-17(25-2)18(12-14)26-3/h4-9,12H,10-11H2,1-3H3,(H,21,24). The number of hydrogen-bond acceptors (Lipinski definition) is 4. The summed E-state index contributed by atoms with van der Waals surface area (Å²) >= 11 is 6.16. The average molecular weight is 377 g/mol. The Labute approximate surface area is 157 Å². The van der Waals surface area contributed by atoms with Crippen LogP contribution >= 0.6 is 11.6 Å². The lowest BCUT2D eigenvalue weighted by Crippen LogP contribution is -2.37. The Morgan fingerprint density at radius 1 is 1.08 bits per heavy atom. The van der Waals surface area contributed by atoms with Crippen LogP contribution in [0.5, 0.6) is 11.5 Å². The van der Waals surface area contributed by atoms with Crippen LogP contribution in [-0.4, -0.2) is 39.1 Å². The van der Waals surface area contributed by atoms with Crippen LogP contribution in [0.15, 0.2) is 42.5 Å². The van der Waals surface area contributed by atoms with Gasteiger partial charge in [0.05, 0.1) is 24.9 Å². The molecule has 0 aromatic heterocycles. The third kappa shape index (κ3) is 4.67. The minimum atomic E-state index is -0.270. The number of halogens is 1. The van der Waals surface area contributed by atoms with Gasteiger partial charge in [-0.25, -0.2) is 0 Å². The first-order valence-electron chi connectivity index (χ1n) is 8.00. The second-order valence-corrected chi connectivity index (χ2v) is 5.85. The Kier molecular flexibility index (Phi) is 6.86. The van der Waals surface area contributed by atoms with Gasteiger partial charge in [-0.1, -0.05) is 23.7 Å². The number of benzene rings is 2. The van der Waals surface area contributed by atoms with Crippen LogP contribution in [0.25, 0.3) is 0 Å². The van der Waals surface area contributed by atoms with Gasteiger partial charge in [0.1, 0.15) is 0 Å². The quantitative estimate of drug-likeness (QED) is 0.806. The molecular weight excluding hydrogens is 356 g/mol. The van der Waals surface area contributed by atoms with E-state index in [1.165, 1.54) is 26.0 Å². The number of anilines is 1. The Balaban J connectivity index is 2.02. The average Bonchev–Trinajstić information content (AvgIpc) is 2.65. The van der Waals surface area contributed by atoms with Gasteiger partial charge in [-0.15, -0.1) is 0 Å². The third-order valence-electron chi connectivity index (χ3n) is 3.79. The molecule has 0 heterocycles. The summed E-state index contributed by atoms with van der Waals surface area (Å²) in [4.78, 5) is 25.8. The Hall–Kier alpha value is -2.73. The van der Waals surface area contributed by atoms with Crippen molar-refractivity contribution in [1.82, 2.24) is 5.32 Å². The molecule has 0 aliphatic carbocycles. The number of carbonyl (C=O) groups is 2. The van der Waals surface area contributed by atoms with Crippen molar-refractivity contribution in [3.05, 3.63) is 53.1 Å². The first kappa shape index (κ1) is 19.6. The van der Waals surface area contributed by atoms with Gasteiger partial charge >= 0.3 is 0 Å². The lowest BCUT2D eigenvalue weighted by atomic mass is 10.2. The zero-order valence-corrected chi connectivity index (χ0v) is 15.7. The number of ether oxygens (including phenoxy) is 2. The molecule has 0 radical (unpaired) electrons. The number of rotatable bonds is 7. The molecule has 2 aromatic rings. The summed E-state index contributed by atoms with van der Waals surface area (Å²) in [6, 6.07) is 12.0. The lowest BCUT2D eigenvalue weighted by molar-refractivity contribution is -0.116. The molecule has 0 saturated heterocycles. The van der Waals surface area contributed by atoms with E-state index in [1.54, 1.807) is 42.5 Å². The van der Waals surface area contributed by atoms with Gasteiger partial charge in [-0.05, 0) is 30.3 Å². The molecule has 2 amide bonds. The minimum Gasteiger partial charge on any atom is -0.493 e. The van der Waals surface area contributed by atoms with Crippen LogP contribution < -0.4 is 19.7 Å². The highest BCUT2D eigenvalue weighted by Gasteiger charge is 2.15. The third-order valence-corrected chi connectivity index (χ3v) is 4.11. The predicted molar refractivity (Wildman–Crippen MR) is 101 cm³/mol. The van der Waals surface area contributed by atoms with Crippen LogP contribution in [0, 0.1) is 0 Å². The molecule has 26 heavy (non-hydrogen) atoms. The molecular formula is C19H21ClN2O4. The smallest absolute Gasteiger partial charge is 0.251 e. The van der Waals surface area contributed by atoms with Crippen LogP contribution in [0.2, 0.25) is 5.02 Å². The van der Waals surface area contributed by atoms with Crippen molar-refractivity contribution in [2.24, 2.45) is 0 Å². The number of carbonyl (C=O) groups excluding carboxylic acids is 2. The van der Waals surface area contributed by atoms with E-state index in [4.69, 9.17) is 21.1 Å². The van der Waals surface area contributed by atoms with Gasteiger partial charge in [0.25, 0.3) is 5.91 Å². The molecule has 0 atom stereocenters. The summed E-state index contributed by atoms with van der Waals surface area (Å²) in [5, 5.41) is 3.27. The molecule has 0 spiro atoms. The number of amides is 2. The zero-order valence-electron chi connectivity index (χ0n) is 14.9. The summed E-state index contributed by atoms with van der Waals surface area (Å²) in [6.45, 7) is 2.04. The van der Waals surface area contributed by atoms with Gasteiger partial charge < -0.3 is 19.7 Å². The summed E-state index contributed by atoms with van der Waals surface area (Å²) in [5.41, 5.74) is 1.05. The van der Waals surface area contributed by atoms with Crippen molar-refractivity contribution in [3.8, 4) is 11.5 Å². The number of nitrogens with one attached hydrogen (secondary N) is 1. The van der Waals surface area contributed by atoms with Crippen LogP contribution in [0.3, 0.4) is 0 Å². The molecule has 0 unspecified atom stereocenters. The number of para-hydroxylation sites is 1. The minimum absolute atomic E-state index is 0.154.